The van der Waals surface area contributed by atoms with Crippen LogP contribution < -0.4 is 5.32 Å². The summed E-state index contributed by atoms with van der Waals surface area (Å²) in [7, 11) is 1.90. The van der Waals surface area contributed by atoms with Crippen LogP contribution in [0.4, 0.5) is 0 Å². The number of carbonyl (C=O) groups is 2. The lowest BCUT2D eigenvalue weighted by atomic mass is 10.1. The third-order valence-electron chi connectivity index (χ3n) is 4.25. The van der Waals surface area contributed by atoms with Gasteiger partial charge in [0, 0.05) is 25.9 Å². The summed E-state index contributed by atoms with van der Waals surface area (Å²) in [5.41, 5.74) is 1.07. The minimum absolute atomic E-state index is 0.164. The number of nitrogens with zero attached hydrogens (tertiary/aromatic N) is 2. The number of nitrogens with one attached hydrogen (secondary N) is 1. The van der Waals surface area contributed by atoms with E-state index in [1.165, 1.54) is 0 Å². The third kappa shape index (κ3) is 3.86. The van der Waals surface area contributed by atoms with Gasteiger partial charge in [0.2, 0.25) is 5.78 Å². The van der Waals surface area contributed by atoms with E-state index in [1.807, 2.05) is 48.1 Å². The van der Waals surface area contributed by atoms with Crippen molar-refractivity contribution in [2.24, 2.45) is 13.0 Å². The second-order valence-corrected chi connectivity index (χ2v) is 6.09. The van der Waals surface area contributed by atoms with E-state index in [9.17, 15) is 9.59 Å². The van der Waals surface area contributed by atoms with Crippen molar-refractivity contribution in [3.05, 3.63) is 54.1 Å². The third-order valence-corrected chi connectivity index (χ3v) is 4.25. The van der Waals surface area contributed by atoms with E-state index >= 15 is 0 Å². The van der Waals surface area contributed by atoms with Gasteiger partial charge in [-0.15, -0.1) is 0 Å². The highest BCUT2D eigenvalue weighted by molar-refractivity contribution is 6.36. The van der Waals surface area contributed by atoms with Crippen molar-refractivity contribution in [3.8, 4) is 0 Å². The number of hydrogen-bond donors (Lipinski definition) is 1. The van der Waals surface area contributed by atoms with Gasteiger partial charge in [0.25, 0.3) is 5.91 Å². The van der Waals surface area contributed by atoms with Crippen LogP contribution in [-0.2, 0) is 23.1 Å². The Morgan fingerprint density at radius 2 is 2.04 bits per heavy atom. The lowest BCUT2D eigenvalue weighted by Gasteiger charge is -2.17. The lowest BCUT2D eigenvalue weighted by Crippen LogP contribution is -2.36. The van der Waals surface area contributed by atoms with E-state index in [-0.39, 0.29) is 18.2 Å². The molecule has 2 aromatic rings. The number of benzene rings is 1. The number of imidazole rings is 1. The molecule has 1 aromatic carbocycles. The zero-order valence-corrected chi connectivity index (χ0v) is 13.2. The summed E-state index contributed by atoms with van der Waals surface area (Å²) in [5, 5.41) is 2.89. The number of carbonyl (C=O) groups excluding carboxylic acids is 2. The molecule has 120 valence electrons. The van der Waals surface area contributed by atoms with E-state index in [2.05, 4.69) is 10.3 Å². The van der Waals surface area contributed by atoms with Crippen LogP contribution in [0.1, 0.15) is 36.7 Å². The van der Waals surface area contributed by atoms with Crippen molar-refractivity contribution in [2.45, 2.75) is 31.7 Å². The van der Waals surface area contributed by atoms with Crippen LogP contribution in [0.2, 0.25) is 0 Å². The van der Waals surface area contributed by atoms with Crippen molar-refractivity contribution in [1.82, 2.24) is 14.9 Å². The monoisotopic (exact) mass is 311 g/mol. The molecule has 0 bridgehead atoms. The first-order valence-electron chi connectivity index (χ1n) is 8.00. The van der Waals surface area contributed by atoms with E-state index in [0.717, 1.165) is 24.2 Å². The van der Waals surface area contributed by atoms with Gasteiger partial charge in [0.1, 0.15) is 5.82 Å². The van der Waals surface area contributed by atoms with Gasteiger partial charge in [-0.25, -0.2) is 4.98 Å². The van der Waals surface area contributed by atoms with E-state index < -0.39 is 5.91 Å². The number of aromatic nitrogens is 2. The summed E-state index contributed by atoms with van der Waals surface area (Å²) >= 11 is 0. The molecule has 1 heterocycles. The highest BCUT2D eigenvalue weighted by Crippen LogP contribution is 2.40. The molecule has 1 amide bonds. The molecule has 1 aliphatic carbocycles. The van der Waals surface area contributed by atoms with Gasteiger partial charge in [-0.1, -0.05) is 30.3 Å². The van der Waals surface area contributed by atoms with Crippen LogP contribution >= 0.6 is 0 Å². The standard InChI is InChI=1S/C18H21N3O2/c1-21-12-11-19-17(21)16(14-8-9-14)20-18(23)15(22)10-7-13-5-3-2-4-6-13/h2-6,11-12,14,16H,7-10H2,1H3,(H,20,23)/t16-/m0/s1. The molecule has 1 aliphatic rings. The van der Waals surface area contributed by atoms with Crippen LogP contribution in [0.25, 0.3) is 0 Å². The Morgan fingerprint density at radius 1 is 1.30 bits per heavy atom. The molecule has 0 saturated heterocycles. The highest BCUT2D eigenvalue weighted by Gasteiger charge is 2.36. The molecule has 0 radical (unpaired) electrons. The Balaban J connectivity index is 1.58. The topological polar surface area (TPSA) is 64.0 Å². The molecule has 0 unspecified atom stereocenters. The highest BCUT2D eigenvalue weighted by atomic mass is 16.2. The molecule has 0 spiro atoms. The Kier molecular flexibility index (Phi) is 4.55. The van der Waals surface area contributed by atoms with Crippen molar-refractivity contribution in [1.29, 1.82) is 0 Å². The Morgan fingerprint density at radius 3 is 2.65 bits per heavy atom. The predicted octanol–water partition coefficient (Wildman–Crippen LogP) is 2.19. The second-order valence-electron chi connectivity index (χ2n) is 6.09. The molecular formula is C18H21N3O2. The molecule has 3 rings (SSSR count). The zero-order chi connectivity index (χ0) is 16.2. The van der Waals surface area contributed by atoms with Crippen LogP contribution in [0, 0.1) is 5.92 Å². The Bertz CT molecular complexity index is 689. The lowest BCUT2D eigenvalue weighted by molar-refractivity contribution is -0.138. The van der Waals surface area contributed by atoms with Gasteiger partial charge in [0.15, 0.2) is 0 Å². The summed E-state index contributed by atoms with van der Waals surface area (Å²) < 4.78 is 1.90. The minimum atomic E-state index is -0.499. The first kappa shape index (κ1) is 15.5. The van der Waals surface area contributed by atoms with Gasteiger partial charge in [-0.2, -0.15) is 0 Å². The average molecular weight is 311 g/mol. The van der Waals surface area contributed by atoms with Crippen LogP contribution in [0.15, 0.2) is 42.7 Å². The Labute approximate surface area is 135 Å². The molecule has 1 N–H and O–H groups in total. The summed E-state index contributed by atoms with van der Waals surface area (Å²) in [6.45, 7) is 0. The van der Waals surface area contributed by atoms with Crippen molar-refractivity contribution in [3.63, 3.8) is 0 Å². The van der Waals surface area contributed by atoms with Crippen LogP contribution in [0.3, 0.4) is 0 Å². The molecule has 0 aliphatic heterocycles. The molecular weight excluding hydrogens is 290 g/mol. The average Bonchev–Trinajstić information content (AvgIpc) is 3.32. The summed E-state index contributed by atoms with van der Waals surface area (Å²) in [4.78, 5) is 28.6. The van der Waals surface area contributed by atoms with E-state index in [1.54, 1.807) is 6.20 Å². The van der Waals surface area contributed by atoms with Crippen molar-refractivity contribution < 1.29 is 9.59 Å². The molecule has 23 heavy (non-hydrogen) atoms. The summed E-state index contributed by atoms with van der Waals surface area (Å²) in [5.74, 6) is 0.341. The molecule has 5 heteroatoms. The van der Waals surface area contributed by atoms with Crippen LogP contribution in [0.5, 0.6) is 0 Å². The van der Waals surface area contributed by atoms with E-state index in [4.69, 9.17) is 0 Å². The SMILES string of the molecule is Cn1ccnc1[C@@H](NC(=O)C(=O)CCc1ccccc1)C1CC1. The van der Waals surface area contributed by atoms with Gasteiger partial charge in [0.05, 0.1) is 6.04 Å². The first-order valence-corrected chi connectivity index (χ1v) is 8.00. The maximum absolute atomic E-state index is 12.2. The second kappa shape index (κ2) is 6.77. The fraction of sp³-hybridized carbons (Fsp3) is 0.389. The summed E-state index contributed by atoms with van der Waals surface area (Å²) in [6.07, 6.45) is 6.52. The Hall–Kier alpha value is -2.43. The van der Waals surface area contributed by atoms with Gasteiger partial charge < -0.3 is 9.88 Å². The fourth-order valence-electron chi connectivity index (χ4n) is 2.74. The molecule has 1 atom stereocenters. The number of Topliss-reactive ketones (excluding diaryl/α,β-unsaturated/α-hetero) is 1. The fourth-order valence-corrected chi connectivity index (χ4v) is 2.74. The number of hydrogen-bond acceptors (Lipinski definition) is 3. The maximum Gasteiger partial charge on any atom is 0.287 e. The number of rotatable bonds is 7. The van der Waals surface area contributed by atoms with Gasteiger partial charge in [-0.05, 0) is 30.7 Å². The number of ketones is 1. The largest absolute Gasteiger partial charge is 0.339 e. The normalized spacial score (nSPS) is 15.2. The van der Waals surface area contributed by atoms with E-state index in [0.29, 0.717) is 12.3 Å². The van der Waals surface area contributed by atoms with Gasteiger partial charge in [-0.3, -0.25) is 9.59 Å². The molecule has 1 fully saturated rings. The van der Waals surface area contributed by atoms with Crippen molar-refractivity contribution in [2.75, 3.05) is 0 Å². The number of amides is 1. The first-order chi connectivity index (χ1) is 11.1. The maximum atomic E-state index is 12.2. The van der Waals surface area contributed by atoms with Crippen LogP contribution in [-0.4, -0.2) is 21.2 Å². The van der Waals surface area contributed by atoms with Gasteiger partial charge >= 0.3 is 0 Å². The zero-order valence-electron chi connectivity index (χ0n) is 13.2. The molecule has 1 aromatic heterocycles. The molecule has 5 nitrogen and oxygen atoms in total. The minimum Gasteiger partial charge on any atom is -0.339 e. The smallest absolute Gasteiger partial charge is 0.287 e. The molecule has 1 saturated carbocycles. The summed E-state index contributed by atoms with van der Waals surface area (Å²) in [6, 6.07) is 9.57. The number of aryl methyl sites for hydroxylation is 2. The quantitative estimate of drug-likeness (QED) is 0.797. The predicted molar refractivity (Wildman–Crippen MR) is 86.6 cm³/mol. The van der Waals surface area contributed by atoms with Crippen molar-refractivity contribution >= 4 is 11.7 Å².